The Hall–Kier alpha value is 3.16. The molecule has 0 spiro atoms. The van der Waals surface area contributed by atoms with Crippen molar-refractivity contribution in [2.24, 2.45) is 0 Å². The van der Waals surface area contributed by atoms with Crippen molar-refractivity contribution in [1.82, 2.24) is 0 Å². The maximum atomic E-state index is 8.82. The monoisotopic (exact) mass is 651 g/mol. The van der Waals surface area contributed by atoms with Crippen LogP contribution in [0.3, 0.4) is 0 Å². The van der Waals surface area contributed by atoms with Crippen molar-refractivity contribution < 1.29 is 123 Å². The van der Waals surface area contributed by atoms with Crippen molar-refractivity contribution >= 4 is 83.0 Å². The first-order valence-electron chi connectivity index (χ1n) is 2.76. The third-order valence-electron chi connectivity index (χ3n) is 0. The van der Waals surface area contributed by atoms with E-state index in [1.54, 1.807) is 0 Å². The Morgan fingerprint density at radius 2 is 0.478 bits per heavy atom. The van der Waals surface area contributed by atoms with Gasteiger partial charge in [0.2, 0.25) is 0 Å². The van der Waals surface area contributed by atoms with E-state index in [1.165, 1.54) is 0 Å². The zero-order valence-corrected chi connectivity index (χ0v) is 24.3. The predicted molar refractivity (Wildman–Crippen MR) is 47.6 cm³/mol. The molecule has 129 valence electrons. The molecule has 0 aromatic rings. The van der Waals surface area contributed by atoms with Gasteiger partial charge >= 0.3 is 177 Å². The summed E-state index contributed by atoms with van der Waals surface area (Å²) in [6.07, 6.45) is 0. The van der Waals surface area contributed by atoms with Crippen molar-refractivity contribution in [2.45, 2.75) is 0 Å². The minimum absolute atomic E-state index is 0. The molecule has 0 aromatic heterocycles. The molecular weight excluding hydrogens is 641 g/mol. The van der Waals surface area contributed by atoms with Crippen LogP contribution in [-0.4, -0.2) is 108 Å². The Morgan fingerprint density at radius 3 is 0.478 bits per heavy atom. The Labute approximate surface area is 202 Å². The van der Waals surface area contributed by atoms with Crippen molar-refractivity contribution in [3.63, 3.8) is 0 Å². The summed E-state index contributed by atoms with van der Waals surface area (Å²) in [5, 5.41) is 0. The largest absolute Gasteiger partial charge is 1.00 e. The molecule has 0 rings (SSSR count). The van der Waals surface area contributed by atoms with Crippen molar-refractivity contribution in [3.05, 3.63) is 0 Å². The van der Waals surface area contributed by atoms with E-state index in [4.69, 9.17) is 64.2 Å². The summed E-state index contributed by atoms with van der Waals surface area (Å²) in [7, 11) is 0. The molecule has 0 amide bonds. The molecule has 0 saturated carbocycles. The third-order valence-corrected chi connectivity index (χ3v) is 0. The van der Waals surface area contributed by atoms with Gasteiger partial charge in [-0.2, -0.15) is 0 Å². The van der Waals surface area contributed by atoms with Crippen LogP contribution in [0.5, 0.6) is 0 Å². The Balaban J connectivity index is -0.0000000284. The van der Waals surface area contributed by atoms with E-state index in [1.807, 2.05) is 0 Å². The molecule has 0 aliphatic rings. The molecular formula is H6Na3O16Se4. The first kappa shape index (κ1) is 45.1. The van der Waals surface area contributed by atoms with E-state index in [0.29, 0.717) is 0 Å². The second-order valence-corrected chi connectivity index (χ2v) is 9.10. The van der Waals surface area contributed by atoms with Crippen LogP contribution in [0.1, 0.15) is 0 Å². The van der Waals surface area contributed by atoms with Crippen LogP contribution in [0.4, 0.5) is 0 Å². The van der Waals surface area contributed by atoms with E-state index in [0.717, 1.165) is 0 Å². The molecule has 16 nitrogen and oxygen atoms in total. The van der Waals surface area contributed by atoms with Crippen LogP contribution in [0, 0.1) is 0 Å². The van der Waals surface area contributed by atoms with Gasteiger partial charge in [-0.05, 0) is 0 Å². The van der Waals surface area contributed by atoms with E-state index in [-0.39, 0.29) is 88.7 Å². The van der Waals surface area contributed by atoms with Crippen LogP contribution in [0.15, 0.2) is 0 Å². The molecule has 0 aliphatic carbocycles. The standard InChI is InChI=1S/3Na.4H2O4Se/c;;;4*1-5(2,3)4/h;;;4*(H2,1,2,3,4)/q;2*+1;;;;/p-2. The Bertz CT molecular complexity index is 480. The van der Waals surface area contributed by atoms with Crippen molar-refractivity contribution in [2.75, 3.05) is 0 Å². The summed E-state index contributed by atoms with van der Waals surface area (Å²) in [5.74, 6) is 0. The minimum Gasteiger partial charge on any atom is 0 e. The van der Waals surface area contributed by atoms with Crippen LogP contribution < -0.4 is 67.5 Å². The molecule has 0 unspecified atom stereocenters. The summed E-state index contributed by atoms with van der Waals surface area (Å²) in [6.45, 7) is 0. The van der Waals surface area contributed by atoms with Crippen molar-refractivity contribution in [1.29, 1.82) is 0 Å². The van der Waals surface area contributed by atoms with Gasteiger partial charge in [0.1, 0.15) is 0 Å². The fourth-order valence-corrected chi connectivity index (χ4v) is 0. The molecule has 0 bridgehead atoms. The zero-order chi connectivity index (χ0) is 18.0. The maximum absolute atomic E-state index is 8.82. The van der Waals surface area contributed by atoms with Gasteiger partial charge in [-0.3, -0.25) is 0 Å². The molecule has 0 atom stereocenters. The third kappa shape index (κ3) is 1350. The summed E-state index contributed by atoms with van der Waals surface area (Å²) in [6, 6.07) is 0. The van der Waals surface area contributed by atoms with Gasteiger partial charge in [0.25, 0.3) is 0 Å². The Morgan fingerprint density at radius 1 is 0.478 bits per heavy atom. The molecule has 23 heavy (non-hydrogen) atoms. The second kappa shape index (κ2) is 19.9. The van der Waals surface area contributed by atoms with Gasteiger partial charge in [-0.1, -0.05) is 0 Å². The summed E-state index contributed by atoms with van der Waals surface area (Å²) in [4.78, 5) is 0. The summed E-state index contributed by atoms with van der Waals surface area (Å²) in [5.41, 5.74) is 0. The second-order valence-electron chi connectivity index (χ2n) is 1.75. The molecule has 0 aliphatic heterocycles. The average molecular weight is 647 g/mol. The quantitative estimate of drug-likeness (QED) is 0.133. The number of hydrogen-bond acceptors (Lipinski definition) is 10. The number of rotatable bonds is 0. The Kier molecular flexibility index (Phi) is 39.0. The molecule has 0 aromatic carbocycles. The smallest absolute Gasteiger partial charge is 0 e. The van der Waals surface area contributed by atoms with E-state index in [2.05, 4.69) is 0 Å². The SMILES string of the molecule is O=[Se](=O)(O)O.O=[Se](=O)(O)O.O=[Se](=O)([O-])O.O=[Se](=O)([O-])O.[Na+].[Na+].[Na]. The average Bonchev–Trinajstić information content (AvgIpc) is 1.62. The zero-order valence-electron chi connectivity index (χ0n) is 11.4. The summed E-state index contributed by atoms with van der Waals surface area (Å²) >= 11 is -21.5. The van der Waals surface area contributed by atoms with Gasteiger partial charge in [0, 0.05) is 29.6 Å². The number of hydrogen-bond donors (Lipinski definition) is 6. The molecule has 1 radical (unpaired) electrons. The van der Waals surface area contributed by atoms with Crippen LogP contribution in [-0.2, 0) is 30.7 Å². The topological polar surface area (TPSA) is 304 Å². The minimum atomic E-state index is -5.50. The normalized spacial score (nSPS) is 10.1. The first-order chi connectivity index (χ1) is 8.00. The van der Waals surface area contributed by atoms with E-state index in [9.17, 15) is 0 Å². The van der Waals surface area contributed by atoms with E-state index >= 15 is 0 Å². The first-order valence-corrected chi connectivity index (χ1v) is 14.4. The van der Waals surface area contributed by atoms with Crippen LogP contribution in [0.2, 0.25) is 0 Å². The van der Waals surface area contributed by atoms with Crippen LogP contribution in [0.25, 0.3) is 0 Å². The predicted octanol–water partition coefficient (Wildman–Crippen LogP) is -14.6. The molecule has 0 saturated heterocycles. The fraction of sp³-hybridized carbons (Fsp3) is 0. The molecule has 0 heterocycles. The molecule has 0 fully saturated rings. The van der Waals surface area contributed by atoms with Crippen LogP contribution >= 0.6 is 0 Å². The summed E-state index contributed by atoms with van der Waals surface area (Å²) < 4.78 is 130. The van der Waals surface area contributed by atoms with Gasteiger partial charge in [-0.15, -0.1) is 0 Å². The van der Waals surface area contributed by atoms with Gasteiger partial charge in [0.15, 0.2) is 0 Å². The molecule has 6 N–H and O–H groups in total. The molecule has 23 heteroatoms. The van der Waals surface area contributed by atoms with Crippen molar-refractivity contribution in [3.8, 4) is 0 Å². The maximum Gasteiger partial charge on any atom is 1.00 e. The fourth-order valence-electron chi connectivity index (χ4n) is 0. The van der Waals surface area contributed by atoms with Gasteiger partial charge in [-0.25, -0.2) is 0 Å². The van der Waals surface area contributed by atoms with Gasteiger partial charge < -0.3 is 0 Å². The van der Waals surface area contributed by atoms with Gasteiger partial charge in [0.05, 0.1) is 0 Å². The van der Waals surface area contributed by atoms with E-state index < -0.39 is 53.5 Å².